The lowest BCUT2D eigenvalue weighted by Crippen LogP contribution is -2.53. The van der Waals surface area contributed by atoms with Gasteiger partial charge >= 0.3 is 6.09 Å². The van der Waals surface area contributed by atoms with Crippen molar-refractivity contribution in [3.63, 3.8) is 0 Å². The van der Waals surface area contributed by atoms with E-state index in [2.05, 4.69) is 24.1 Å². The molecule has 3 atom stereocenters. The van der Waals surface area contributed by atoms with E-state index < -0.39 is 12.1 Å². The Kier molecular flexibility index (Phi) is 6.06. The number of hydrogen-bond donors (Lipinski definition) is 2. The second-order valence-corrected chi connectivity index (χ2v) is 6.65. The van der Waals surface area contributed by atoms with Gasteiger partial charge in [0.15, 0.2) is 0 Å². The standard InChI is InChI=1S/C16H29N3O3/c1-12-6-5-7-13(2)18(12)11-9-17-15(20)14-8-3-4-10-19(14)16(21)22/h12-14H,3-11H2,1-2H3,(H,17,20)(H,21,22)/t12-,13+,14-/m0/s1. The third-order valence-corrected chi connectivity index (χ3v) is 5.10. The maximum atomic E-state index is 12.3. The van der Waals surface area contributed by atoms with Crippen LogP contribution in [0.2, 0.25) is 0 Å². The van der Waals surface area contributed by atoms with Gasteiger partial charge in [-0.15, -0.1) is 0 Å². The van der Waals surface area contributed by atoms with Crippen LogP contribution in [-0.4, -0.2) is 64.7 Å². The van der Waals surface area contributed by atoms with Crippen molar-refractivity contribution in [1.82, 2.24) is 15.1 Å². The van der Waals surface area contributed by atoms with Crippen molar-refractivity contribution in [3.05, 3.63) is 0 Å². The summed E-state index contributed by atoms with van der Waals surface area (Å²) < 4.78 is 0. The minimum absolute atomic E-state index is 0.139. The van der Waals surface area contributed by atoms with Gasteiger partial charge in [-0.1, -0.05) is 6.42 Å². The first-order chi connectivity index (χ1) is 10.5. The summed E-state index contributed by atoms with van der Waals surface area (Å²) in [5.74, 6) is -0.139. The summed E-state index contributed by atoms with van der Waals surface area (Å²) in [6, 6.07) is 0.610. The summed E-state index contributed by atoms with van der Waals surface area (Å²) in [5, 5.41) is 12.1. The lowest BCUT2D eigenvalue weighted by atomic mass is 9.97. The fourth-order valence-electron chi connectivity index (χ4n) is 3.77. The molecule has 2 amide bonds. The number of carbonyl (C=O) groups excluding carboxylic acids is 1. The largest absolute Gasteiger partial charge is 0.465 e. The van der Waals surface area contributed by atoms with E-state index in [0.29, 0.717) is 31.6 Å². The minimum atomic E-state index is -0.988. The molecule has 0 unspecified atom stereocenters. The zero-order chi connectivity index (χ0) is 16.1. The molecule has 6 heteroatoms. The average Bonchev–Trinajstić information content (AvgIpc) is 2.50. The number of piperidine rings is 2. The summed E-state index contributed by atoms with van der Waals surface area (Å²) in [6.07, 6.45) is 5.12. The van der Waals surface area contributed by atoms with Crippen molar-refractivity contribution >= 4 is 12.0 Å². The van der Waals surface area contributed by atoms with Crippen molar-refractivity contribution in [2.24, 2.45) is 0 Å². The number of carbonyl (C=O) groups is 2. The molecule has 6 nitrogen and oxygen atoms in total. The van der Waals surface area contributed by atoms with Gasteiger partial charge in [-0.2, -0.15) is 0 Å². The molecule has 2 saturated heterocycles. The molecule has 0 radical (unpaired) electrons. The fraction of sp³-hybridized carbons (Fsp3) is 0.875. The Bertz CT molecular complexity index is 392. The van der Waals surface area contributed by atoms with Gasteiger partial charge in [-0.25, -0.2) is 4.79 Å². The van der Waals surface area contributed by atoms with Crippen LogP contribution in [0.15, 0.2) is 0 Å². The average molecular weight is 311 g/mol. The maximum Gasteiger partial charge on any atom is 0.407 e. The molecule has 22 heavy (non-hydrogen) atoms. The van der Waals surface area contributed by atoms with Crippen LogP contribution in [-0.2, 0) is 4.79 Å². The zero-order valence-corrected chi connectivity index (χ0v) is 13.8. The molecule has 2 rings (SSSR count). The van der Waals surface area contributed by atoms with Crippen LogP contribution in [0.1, 0.15) is 52.4 Å². The van der Waals surface area contributed by atoms with Crippen LogP contribution in [0.4, 0.5) is 4.79 Å². The molecule has 0 bridgehead atoms. The molecule has 126 valence electrons. The predicted octanol–water partition coefficient (Wildman–Crippen LogP) is 1.90. The quantitative estimate of drug-likeness (QED) is 0.832. The van der Waals surface area contributed by atoms with E-state index >= 15 is 0 Å². The highest BCUT2D eigenvalue weighted by Gasteiger charge is 2.32. The molecule has 0 saturated carbocycles. The molecular weight excluding hydrogens is 282 g/mol. The van der Waals surface area contributed by atoms with E-state index in [1.807, 2.05) is 0 Å². The molecular formula is C16H29N3O3. The van der Waals surface area contributed by atoms with Crippen LogP contribution in [0, 0.1) is 0 Å². The summed E-state index contributed by atoms with van der Waals surface area (Å²) in [5.41, 5.74) is 0. The van der Waals surface area contributed by atoms with Crippen LogP contribution in [0.25, 0.3) is 0 Å². The van der Waals surface area contributed by atoms with Gasteiger partial charge in [0, 0.05) is 31.7 Å². The van der Waals surface area contributed by atoms with Gasteiger partial charge in [0.2, 0.25) is 5.91 Å². The van der Waals surface area contributed by atoms with Crippen molar-refractivity contribution in [3.8, 4) is 0 Å². The highest BCUT2D eigenvalue weighted by atomic mass is 16.4. The van der Waals surface area contributed by atoms with Gasteiger partial charge in [0.25, 0.3) is 0 Å². The molecule has 0 spiro atoms. The Hall–Kier alpha value is -1.30. The van der Waals surface area contributed by atoms with Crippen molar-refractivity contribution in [1.29, 1.82) is 0 Å². The van der Waals surface area contributed by atoms with E-state index in [-0.39, 0.29) is 5.91 Å². The molecule has 0 aliphatic carbocycles. The van der Waals surface area contributed by atoms with E-state index in [1.165, 1.54) is 24.2 Å². The number of hydrogen-bond acceptors (Lipinski definition) is 3. The van der Waals surface area contributed by atoms with Gasteiger partial charge in [-0.3, -0.25) is 14.6 Å². The highest BCUT2D eigenvalue weighted by molar-refractivity contribution is 5.85. The molecule has 2 N–H and O–H groups in total. The number of rotatable bonds is 4. The Balaban J connectivity index is 1.80. The van der Waals surface area contributed by atoms with Crippen molar-refractivity contribution < 1.29 is 14.7 Å². The molecule has 2 fully saturated rings. The summed E-state index contributed by atoms with van der Waals surface area (Å²) >= 11 is 0. The topological polar surface area (TPSA) is 72.9 Å². The number of carboxylic acid groups (broad SMARTS) is 1. The van der Waals surface area contributed by atoms with Gasteiger partial charge in [-0.05, 0) is 46.0 Å². The minimum Gasteiger partial charge on any atom is -0.465 e. The first-order valence-electron chi connectivity index (χ1n) is 8.53. The number of nitrogens with one attached hydrogen (secondary N) is 1. The fourth-order valence-corrected chi connectivity index (χ4v) is 3.77. The first kappa shape index (κ1) is 17.1. The Morgan fingerprint density at radius 3 is 2.41 bits per heavy atom. The van der Waals surface area contributed by atoms with Crippen LogP contribution < -0.4 is 5.32 Å². The third kappa shape index (κ3) is 4.12. The normalized spacial score (nSPS) is 30.1. The molecule has 2 aliphatic heterocycles. The summed E-state index contributed by atoms with van der Waals surface area (Å²) in [6.45, 7) is 6.38. The second kappa shape index (κ2) is 7.81. The molecule has 2 aliphatic rings. The first-order valence-corrected chi connectivity index (χ1v) is 8.53. The van der Waals surface area contributed by atoms with Crippen LogP contribution in [0.3, 0.4) is 0 Å². The number of likely N-dealkylation sites (tertiary alicyclic amines) is 2. The van der Waals surface area contributed by atoms with Crippen molar-refractivity contribution in [2.45, 2.75) is 70.5 Å². The van der Waals surface area contributed by atoms with Gasteiger partial charge in [0.1, 0.15) is 6.04 Å². The number of amides is 2. The smallest absolute Gasteiger partial charge is 0.407 e. The lowest BCUT2D eigenvalue weighted by Gasteiger charge is -2.39. The monoisotopic (exact) mass is 311 g/mol. The SMILES string of the molecule is C[C@@H]1CCC[C@H](C)N1CCNC(=O)[C@@H]1CCCCN1C(=O)O. The highest BCUT2D eigenvalue weighted by Crippen LogP contribution is 2.21. The van der Waals surface area contributed by atoms with Crippen molar-refractivity contribution in [2.75, 3.05) is 19.6 Å². The lowest BCUT2D eigenvalue weighted by molar-refractivity contribution is -0.127. The maximum absolute atomic E-state index is 12.3. The molecule has 2 heterocycles. The van der Waals surface area contributed by atoms with E-state index in [0.717, 1.165) is 19.4 Å². The molecule has 0 aromatic carbocycles. The van der Waals surface area contributed by atoms with Gasteiger partial charge < -0.3 is 10.4 Å². The Labute approximate surface area is 132 Å². The van der Waals surface area contributed by atoms with E-state index in [9.17, 15) is 14.7 Å². The Morgan fingerprint density at radius 2 is 1.77 bits per heavy atom. The van der Waals surface area contributed by atoms with Crippen LogP contribution >= 0.6 is 0 Å². The molecule has 0 aromatic heterocycles. The summed E-state index contributed by atoms with van der Waals surface area (Å²) in [4.78, 5) is 27.2. The third-order valence-electron chi connectivity index (χ3n) is 5.10. The van der Waals surface area contributed by atoms with Gasteiger partial charge in [0.05, 0.1) is 0 Å². The predicted molar refractivity (Wildman–Crippen MR) is 84.9 cm³/mol. The number of nitrogens with zero attached hydrogens (tertiary/aromatic N) is 2. The Morgan fingerprint density at radius 1 is 1.09 bits per heavy atom. The van der Waals surface area contributed by atoms with Crippen LogP contribution in [0.5, 0.6) is 0 Å². The van der Waals surface area contributed by atoms with E-state index in [1.54, 1.807) is 0 Å². The zero-order valence-electron chi connectivity index (χ0n) is 13.8. The van der Waals surface area contributed by atoms with E-state index in [4.69, 9.17) is 0 Å². The summed E-state index contributed by atoms with van der Waals surface area (Å²) in [7, 11) is 0. The second-order valence-electron chi connectivity index (χ2n) is 6.65. The molecule has 0 aromatic rings.